The van der Waals surface area contributed by atoms with E-state index >= 15 is 0 Å². The molecule has 0 bridgehead atoms. The third-order valence-corrected chi connectivity index (χ3v) is 3.34. The Hall–Kier alpha value is -2.08. The molecule has 0 heteroatoms. The zero-order valence-corrected chi connectivity index (χ0v) is 14.3. The largest absolute Gasteiger partial charge is 0.0840 e. The van der Waals surface area contributed by atoms with Gasteiger partial charge in [0.15, 0.2) is 0 Å². The Morgan fingerprint density at radius 1 is 0.591 bits per heavy atom. The summed E-state index contributed by atoms with van der Waals surface area (Å²) in [5.41, 5.74) is 5.39. The van der Waals surface area contributed by atoms with Gasteiger partial charge in [-0.05, 0) is 40.5 Å². The average Bonchev–Trinajstić information content (AvgIpc) is 2.53. The maximum atomic E-state index is 2.26. The van der Waals surface area contributed by atoms with E-state index in [0.717, 1.165) is 0 Å². The predicted molar refractivity (Wildman–Crippen MR) is 99.2 cm³/mol. The van der Waals surface area contributed by atoms with Crippen LogP contribution in [0.2, 0.25) is 0 Å². The smallest absolute Gasteiger partial charge is 0.0310 e. The molecule has 0 saturated carbocycles. The zero-order valence-electron chi connectivity index (χ0n) is 14.3. The molecule has 2 aromatic carbocycles. The van der Waals surface area contributed by atoms with Gasteiger partial charge in [-0.3, -0.25) is 0 Å². The molecule has 22 heavy (non-hydrogen) atoms. The van der Waals surface area contributed by atoms with Crippen LogP contribution in [0.15, 0.2) is 78.4 Å². The van der Waals surface area contributed by atoms with Gasteiger partial charge in [-0.2, -0.15) is 0 Å². The maximum Gasteiger partial charge on any atom is -0.0310 e. The van der Waals surface area contributed by atoms with E-state index in [0.29, 0.717) is 0 Å². The normalized spacial score (nSPS) is 12.3. The molecule has 0 amide bonds. The SMILES string of the molecule is CC1=CCCC=C1.Cc1ccc(C)cc1.Cc1ccccc1. The predicted octanol–water partition coefficient (Wildman–Crippen LogP) is 6.58. The summed E-state index contributed by atoms with van der Waals surface area (Å²) in [6.07, 6.45) is 9.12. The van der Waals surface area contributed by atoms with Crippen molar-refractivity contribution in [3.8, 4) is 0 Å². The van der Waals surface area contributed by atoms with Gasteiger partial charge in [0, 0.05) is 0 Å². The molecule has 1 aliphatic carbocycles. The van der Waals surface area contributed by atoms with Crippen molar-refractivity contribution in [1.82, 2.24) is 0 Å². The number of rotatable bonds is 0. The zero-order chi connectivity index (χ0) is 16.2. The fourth-order valence-corrected chi connectivity index (χ4v) is 1.92. The molecular weight excluding hydrogens is 264 g/mol. The number of hydrogen-bond donors (Lipinski definition) is 0. The molecule has 0 aromatic heterocycles. The first-order chi connectivity index (χ1) is 10.6. The number of aryl methyl sites for hydroxylation is 3. The van der Waals surface area contributed by atoms with Crippen molar-refractivity contribution >= 4 is 0 Å². The molecule has 0 radical (unpaired) electrons. The second-order valence-electron chi connectivity index (χ2n) is 5.74. The van der Waals surface area contributed by atoms with Gasteiger partial charge in [0.25, 0.3) is 0 Å². The van der Waals surface area contributed by atoms with Crippen molar-refractivity contribution in [3.05, 3.63) is 95.1 Å². The molecule has 2 aromatic rings. The summed E-state index contributed by atoms with van der Waals surface area (Å²) in [6, 6.07) is 18.7. The van der Waals surface area contributed by atoms with Crippen LogP contribution in [-0.2, 0) is 0 Å². The van der Waals surface area contributed by atoms with Crippen molar-refractivity contribution in [2.75, 3.05) is 0 Å². The Labute approximate surface area is 136 Å². The molecule has 0 spiro atoms. The van der Waals surface area contributed by atoms with Gasteiger partial charge in [0.1, 0.15) is 0 Å². The first-order valence-corrected chi connectivity index (χ1v) is 7.96. The molecule has 1 aliphatic rings. The minimum atomic E-state index is 1.23. The Morgan fingerprint density at radius 2 is 1.09 bits per heavy atom. The highest BCUT2D eigenvalue weighted by molar-refractivity contribution is 5.20. The van der Waals surface area contributed by atoms with Crippen LogP contribution in [0, 0.1) is 20.8 Å². The van der Waals surface area contributed by atoms with Crippen LogP contribution in [0.5, 0.6) is 0 Å². The lowest BCUT2D eigenvalue weighted by atomic mass is 10.1. The topological polar surface area (TPSA) is 0 Å². The summed E-state index contributed by atoms with van der Waals surface area (Å²) in [5.74, 6) is 0. The fourth-order valence-electron chi connectivity index (χ4n) is 1.92. The van der Waals surface area contributed by atoms with Gasteiger partial charge in [0.05, 0.1) is 0 Å². The van der Waals surface area contributed by atoms with Crippen LogP contribution >= 0.6 is 0 Å². The van der Waals surface area contributed by atoms with Crippen molar-refractivity contribution in [1.29, 1.82) is 0 Å². The van der Waals surface area contributed by atoms with Gasteiger partial charge in [-0.1, -0.05) is 95.1 Å². The molecule has 0 heterocycles. The van der Waals surface area contributed by atoms with E-state index < -0.39 is 0 Å². The van der Waals surface area contributed by atoms with E-state index in [4.69, 9.17) is 0 Å². The van der Waals surface area contributed by atoms with Crippen molar-refractivity contribution in [2.45, 2.75) is 40.5 Å². The quantitative estimate of drug-likeness (QED) is 0.514. The monoisotopic (exact) mass is 292 g/mol. The molecule has 0 unspecified atom stereocenters. The third kappa shape index (κ3) is 8.97. The minimum absolute atomic E-state index is 1.23. The van der Waals surface area contributed by atoms with Gasteiger partial charge >= 0.3 is 0 Å². The van der Waals surface area contributed by atoms with Crippen LogP contribution in [0.3, 0.4) is 0 Å². The fraction of sp³-hybridized carbons (Fsp3) is 0.273. The summed E-state index contributed by atoms with van der Waals surface area (Å²) in [7, 11) is 0. The molecule has 116 valence electrons. The third-order valence-electron chi connectivity index (χ3n) is 3.34. The molecule has 0 N–H and O–H groups in total. The lowest BCUT2D eigenvalue weighted by molar-refractivity contribution is 1.02. The highest BCUT2D eigenvalue weighted by atomic mass is 13.9. The van der Waals surface area contributed by atoms with Gasteiger partial charge in [-0.25, -0.2) is 0 Å². The van der Waals surface area contributed by atoms with Crippen LogP contribution in [-0.4, -0.2) is 0 Å². The second kappa shape index (κ2) is 10.6. The molecule has 0 aliphatic heterocycles. The lowest BCUT2D eigenvalue weighted by Gasteiger charge is -1.96. The van der Waals surface area contributed by atoms with Crippen LogP contribution in [0.4, 0.5) is 0 Å². The standard InChI is InChI=1S/C8H10.C7H10.C7H8/c1-7-3-5-8(2)6-4-7;2*1-7-5-3-2-4-6-7/h3-6H,1-2H3;3,5-6H,2,4H2,1H3;2-6H,1H3. The lowest BCUT2D eigenvalue weighted by Crippen LogP contribution is -1.76. The Bertz CT molecular complexity index is 550. The van der Waals surface area contributed by atoms with Gasteiger partial charge in [0.2, 0.25) is 0 Å². The van der Waals surface area contributed by atoms with Crippen molar-refractivity contribution < 1.29 is 0 Å². The Kier molecular flexibility index (Phi) is 8.67. The van der Waals surface area contributed by atoms with E-state index in [1.807, 2.05) is 18.2 Å². The summed E-state index contributed by atoms with van der Waals surface area (Å²) in [6.45, 7) is 8.41. The summed E-state index contributed by atoms with van der Waals surface area (Å²) in [5, 5.41) is 0. The summed E-state index contributed by atoms with van der Waals surface area (Å²) in [4.78, 5) is 0. The molecule has 3 rings (SSSR count). The van der Waals surface area contributed by atoms with Gasteiger partial charge in [-0.15, -0.1) is 0 Å². The average molecular weight is 292 g/mol. The highest BCUT2D eigenvalue weighted by Crippen LogP contribution is 2.06. The summed E-state index contributed by atoms with van der Waals surface area (Å²) >= 11 is 0. The number of allylic oxidation sites excluding steroid dienone is 4. The van der Waals surface area contributed by atoms with E-state index in [1.54, 1.807) is 0 Å². The first-order valence-electron chi connectivity index (χ1n) is 7.96. The Balaban J connectivity index is 0.000000166. The van der Waals surface area contributed by atoms with Crippen molar-refractivity contribution in [2.24, 2.45) is 0 Å². The van der Waals surface area contributed by atoms with E-state index in [-0.39, 0.29) is 0 Å². The molecule has 0 saturated heterocycles. The molecule has 0 nitrogen and oxygen atoms in total. The van der Waals surface area contributed by atoms with Crippen molar-refractivity contribution in [3.63, 3.8) is 0 Å². The first kappa shape index (κ1) is 18.0. The molecular formula is C22H28. The van der Waals surface area contributed by atoms with E-state index in [1.165, 1.54) is 35.1 Å². The van der Waals surface area contributed by atoms with Crippen LogP contribution in [0.1, 0.15) is 36.5 Å². The van der Waals surface area contributed by atoms with Crippen LogP contribution in [0.25, 0.3) is 0 Å². The van der Waals surface area contributed by atoms with E-state index in [9.17, 15) is 0 Å². The molecule has 0 fully saturated rings. The maximum absolute atomic E-state index is 2.26. The second-order valence-corrected chi connectivity index (χ2v) is 5.74. The number of benzene rings is 2. The number of hydrogen-bond acceptors (Lipinski definition) is 0. The minimum Gasteiger partial charge on any atom is -0.0840 e. The highest BCUT2D eigenvalue weighted by Gasteiger charge is 1.86. The van der Waals surface area contributed by atoms with Crippen LogP contribution < -0.4 is 0 Å². The summed E-state index contributed by atoms with van der Waals surface area (Å²) < 4.78 is 0. The van der Waals surface area contributed by atoms with E-state index in [2.05, 4.69) is 82.3 Å². The molecule has 0 atom stereocenters. The van der Waals surface area contributed by atoms with Gasteiger partial charge < -0.3 is 0 Å². The Morgan fingerprint density at radius 3 is 1.36 bits per heavy atom.